The minimum atomic E-state index is -0.224. The van der Waals surface area contributed by atoms with Gasteiger partial charge in [-0.1, -0.05) is 24.3 Å². The van der Waals surface area contributed by atoms with E-state index in [9.17, 15) is 4.79 Å². The van der Waals surface area contributed by atoms with Gasteiger partial charge < -0.3 is 25.4 Å². The SMILES string of the molecule is C[C@H]1CCCN1c1ccccc1NC(=O)Nc1cccc(C2CCCN(c3ncnc4[nH]ccc34)C2)c1. The Bertz CT molecular complexity index is 1400. The van der Waals surface area contributed by atoms with Crippen molar-refractivity contribution in [1.82, 2.24) is 15.0 Å². The molecule has 37 heavy (non-hydrogen) atoms. The van der Waals surface area contributed by atoms with E-state index in [0.29, 0.717) is 12.0 Å². The summed E-state index contributed by atoms with van der Waals surface area (Å²) in [5.74, 6) is 1.34. The number of nitrogens with one attached hydrogen (secondary N) is 3. The molecule has 6 rings (SSSR count). The van der Waals surface area contributed by atoms with Crippen LogP contribution in [0.3, 0.4) is 0 Å². The molecular weight excluding hydrogens is 462 g/mol. The van der Waals surface area contributed by atoms with E-state index in [2.05, 4.69) is 60.5 Å². The van der Waals surface area contributed by atoms with Gasteiger partial charge in [0.05, 0.1) is 16.8 Å². The largest absolute Gasteiger partial charge is 0.367 e. The molecule has 2 aliphatic rings. The van der Waals surface area contributed by atoms with Crippen LogP contribution in [0, 0.1) is 0 Å². The Morgan fingerprint density at radius 1 is 1.00 bits per heavy atom. The number of rotatable bonds is 5. The number of benzene rings is 2. The number of fused-ring (bicyclic) bond motifs is 1. The molecule has 1 unspecified atom stereocenters. The molecule has 4 aromatic rings. The molecular formula is C29H33N7O. The van der Waals surface area contributed by atoms with Crippen LogP contribution in [0.15, 0.2) is 67.1 Å². The molecule has 2 aromatic heterocycles. The van der Waals surface area contributed by atoms with Gasteiger partial charge in [-0.2, -0.15) is 0 Å². The molecule has 0 radical (unpaired) electrons. The van der Waals surface area contributed by atoms with Gasteiger partial charge in [0.2, 0.25) is 0 Å². The summed E-state index contributed by atoms with van der Waals surface area (Å²) in [7, 11) is 0. The van der Waals surface area contributed by atoms with Gasteiger partial charge in [0, 0.05) is 43.5 Å². The van der Waals surface area contributed by atoms with Crippen molar-refractivity contribution in [3.63, 3.8) is 0 Å². The zero-order valence-electron chi connectivity index (χ0n) is 21.2. The first-order valence-electron chi connectivity index (χ1n) is 13.2. The van der Waals surface area contributed by atoms with Crippen LogP contribution in [0.4, 0.5) is 27.7 Å². The van der Waals surface area contributed by atoms with E-state index >= 15 is 0 Å². The number of hydrogen-bond acceptors (Lipinski definition) is 5. The van der Waals surface area contributed by atoms with Crippen molar-refractivity contribution in [2.45, 2.75) is 44.6 Å². The summed E-state index contributed by atoms with van der Waals surface area (Å²) < 4.78 is 0. The zero-order chi connectivity index (χ0) is 25.2. The van der Waals surface area contributed by atoms with Gasteiger partial charge in [-0.3, -0.25) is 0 Å². The smallest absolute Gasteiger partial charge is 0.323 e. The second kappa shape index (κ2) is 10.1. The third-order valence-electron chi connectivity index (χ3n) is 7.68. The Hall–Kier alpha value is -4.07. The molecule has 4 heterocycles. The highest BCUT2D eigenvalue weighted by Gasteiger charge is 2.25. The summed E-state index contributed by atoms with van der Waals surface area (Å²) in [5.41, 5.74) is 4.82. The molecule has 0 spiro atoms. The molecule has 2 amide bonds. The number of aromatic nitrogens is 3. The molecule has 0 aliphatic carbocycles. The van der Waals surface area contributed by atoms with Gasteiger partial charge in [0.25, 0.3) is 0 Å². The van der Waals surface area contributed by atoms with Crippen molar-refractivity contribution in [1.29, 1.82) is 0 Å². The standard InChI is InChI=1S/C29H33N7O/c1-20-7-5-16-36(20)26-12-3-2-11-25(26)34-29(37)33-23-10-4-8-21(17-23)22-9-6-15-35(18-22)28-24-13-14-30-27(24)31-19-32-28/h2-4,8,10-14,17,19-20,22H,5-7,9,15-16,18H2,1H3,(H,30,31,32)(H2,33,34,37)/t20-,22?/m0/s1. The van der Waals surface area contributed by atoms with E-state index in [1.807, 2.05) is 42.6 Å². The number of para-hydroxylation sites is 2. The predicted molar refractivity (Wildman–Crippen MR) is 150 cm³/mol. The highest BCUT2D eigenvalue weighted by molar-refractivity contribution is 6.02. The third kappa shape index (κ3) is 4.83. The number of nitrogens with zero attached hydrogens (tertiary/aromatic N) is 4. The number of carbonyl (C=O) groups is 1. The number of H-pyrrole nitrogens is 1. The molecule has 2 fully saturated rings. The molecule has 0 saturated carbocycles. The maximum Gasteiger partial charge on any atom is 0.323 e. The fourth-order valence-corrected chi connectivity index (χ4v) is 5.83. The lowest BCUT2D eigenvalue weighted by Crippen LogP contribution is -2.35. The van der Waals surface area contributed by atoms with E-state index in [1.165, 1.54) is 18.4 Å². The first kappa shape index (κ1) is 23.3. The first-order valence-corrected chi connectivity index (χ1v) is 13.2. The van der Waals surface area contributed by atoms with Crippen LogP contribution in [-0.4, -0.2) is 46.7 Å². The number of urea groups is 1. The first-order chi connectivity index (χ1) is 18.2. The predicted octanol–water partition coefficient (Wildman–Crippen LogP) is 5.97. The van der Waals surface area contributed by atoms with Crippen LogP contribution in [0.5, 0.6) is 0 Å². The molecule has 8 heteroatoms. The summed E-state index contributed by atoms with van der Waals surface area (Å²) in [5, 5.41) is 7.19. The highest BCUT2D eigenvalue weighted by Crippen LogP contribution is 2.34. The second-order valence-corrected chi connectivity index (χ2v) is 10.1. The van der Waals surface area contributed by atoms with Crippen LogP contribution in [0.25, 0.3) is 11.0 Å². The Balaban J connectivity index is 1.15. The second-order valence-electron chi connectivity index (χ2n) is 10.1. The van der Waals surface area contributed by atoms with E-state index in [0.717, 1.165) is 66.4 Å². The number of hydrogen-bond donors (Lipinski definition) is 3. The number of carbonyl (C=O) groups excluding carboxylic acids is 1. The van der Waals surface area contributed by atoms with Gasteiger partial charge in [0.15, 0.2) is 0 Å². The fourth-order valence-electron chi connectivity index (χ4n) is 5.83. The lowest BCUT2D eigenvalue weighted by molar-refractivity contribution is 0.262. The molecule has 8 nitrogen and oxygen atoms in total. The molecule has 0 bridgehead atoms. The van der Waals surface area contributed by atoms with E-state index < -0.39 is 0 Å². The number of anilines is 4. The Morgan fingerprint density at radius 3 is 2.78 bits per heavy atom. The van der Waals surface area contributed by atoms with E-state index in [1.54, 1.807) is 6.33 Å². The Kier molecular flexibility index (Phi) is 6.39. The average Bonchev–Trinajstić information content (AvgIpc) is 3.58. The highest BCUT2D eigenvalue weighted by atomic mass is 16.2. The number of piperidine rings is 1. The maximum absolute atomic E-state index is 13.0. The van der Waals surface area contributed by atoms with Crippen LogP contribution in [0.2, 0.25) is 0 Å². The van der Waals surface area contributed by atoms with Crippen LogP contribution < -0.4 is 20.4 Å². The van der Waals surface area contributed by atoms with Crippen molar-refractivity contribution in [3.05, 3.63) is 72.7 Å². The summed E-state index contributed by atoms with van der Waals surface area (Å²) in [6.07, 6.45) is 8.09. The van der Waals surface area contributed by atoms with Crippen molar-refractivity contribution >= 4 is 39.9 Å². The summed E-state index contributed by atoms with van der Waals surface area (Å²) in [6.45, 7) is 5.12. The monoisotopic (exact) mass is 495 g/mol. The Morgan fingerprint density at radius 2 is 1.89 bits per heavy atom. The van der Waals surface area contributed by atoms with Crippen molar-refractivity contribution in [2.24, 2.45) is 0 Å². The summed E-state index contributed by atoms with van der Waals surface area (Å²) in [6, 6.07) is 18.6. The van der Waals surface area contributed by atoms with Crippen molar-refractivity contribution < 1.29 is 4.79 Å². The molecule has 2 aliphatic heterocycles. The Labute approximate surface area is 217 Å². The number of amides is 2. The van der Waals surface area contributed by atoms with Crippen LogP contribution in [-0.2, 0) is 0 Å². The quantitative estimate of drug-likeness (QED) is 0.317. The van der Waals surface area contributed by atoms with Crippen LogP contribution in [0.1, 0.15) is 44.1 Å². The topological polar surface area (TPSA) is 89.2 Å². The lowest BCUT2D eigenvalue weighted by Gasteiger charge is -2.34. The lowest BCUT2D eigenvalue weighted by atomic mass is 9.90. The van der Waals surface area contributed by atoms with E-state index in [4.69, 9.17) is 0 Å². The van der Waals surface area contributed by atoms with Gasteiger partial charge in [-0.05, 0) is 68.5 Å². The van der Waals surface area contributed by atoms with Crippen LogP contribution >= 0.6 is 0 Å². The normalized spacial score (nSPS) is 19.8. The van der Waals surface area contributed by atoms with Gasteiger partial charge in [0.1, 0.15) is 17.8 Å². The minimum Gasteiger partial charge on any atom is -0.367 e. The van der Waals surface area contributed by atoms with Crippen molar-refractivity contribution in [3.8, 4) is 0 Å². The maximum atomic E-state index is 13.0. The number of aromatic amines is 1. The third-order valence-corrected chi connectivity index (χ3v) is 7.68. The van der Waals surface area contributed by atoms with Crippen molar-refractivity contribution in [2.75, 3.05) is 40.1 Å². The van der Waals surface area contributed by atoms with Gasteiger partial charge >= 0.3 is 6.03 Å². The van der Waals surface area contributed by atoms with Gasteiger partial charge in [-0.15, -0.1) is 0 Å². The average molecular weight is 496 g/mol. The molecule has 2 saturated heterocycles. The summed E-state index contributed by atoms with van der Waals surface area (Å²) in [4.78, 5) is 29.8. The van der Waals surface area contributed by atoms with Gasteiger partial charge in [-0.25, -0.2) is 14.8 Å². The summed E-state index contributed by atoms with van der Waals surface area (Å²) >= 11 is 0. The molecule has 2 atom stereocenters. The molecule has 2 aromatic carbocycles. The zero-order valence-corrected chi connectivity index (χ0v) is 21.2. The fraction of sp³-hybridized carbons (Fsp3) is 0.345. The van der Waals surface area contributed by atoms with E-state index in [-0.39, 0.29) is 6.03 Å². The molecule has 3 N–H and O–H groups in total. The molecule has 190 valence electrons. The minimum absolute atomic E-state index is 0.224.